The number of halogens is 2. The van der Waals surface area contributed by atoms with Crippen LogP contribution in [0.2, 0.25) is 10.0 Å². The van der Waals surface area contributed by atoms with Crippen LogP contribution in [0.1, 0.15) is 32.6 Å². The molecule has 0 unspecified atom stereocenters. The minimum Gasteiger partial charge on any atom is -0.308 e. The highest BCUT2D eigenvalue weighted by molar-refractivity contribution is 8.01. The van der Waals surface area contributed by atoms with Crippen molar-refractivity contribution in [3.8, 4) is 0 Å². The molecule has 0 saturated carbocycles. The van der Waals surface area contributed by atoms with Gasteiger partial charge in [0, 0.05) is 11.4 Å². The predicted molar refractivity (Wildman–Crippen MR) is 104 cm³/mol. The molecule has 24 heavy (non-hydrogen) atoms. The van der Waals surface area contributed by atoms with Gasteiger partial charge in [0.25, 0.3) is 0 Å². The van der Waals surface area contributed by atoms with E-state index in [2.05, 4.69) is 27.8 Å². The van der Waals surface area contributed by atoms with Crippen molar-refractivity contribution in [3.05, 3.63) is 28.2 Å². The zero-order valence-electron chi connectivity index (χ0n) is 13.1. The Hall–Kier alpha value is -1.02. The molecule has 0 atom stereocenters. The van der Waals surface area contributed by atoms with Gasteiger partial charge in [0.15, 0.2) is 4.34 Å². The number of unbranched alkanes of at least 4 members (excludes halogenated alkanes) is 3. The van der Waals surface area contributed by atoms with Crippen molar-refractivity contribution in [3.63, 3.8) is 0 Å². The lowest BCUT2D eigenvalue weighted by Crippen LogP contribution is -2.19. The van der Waals surface area contributed by atoms with Gasteiger partial charge in [-0.2, -0.15) is 0 Å². The number of anilines is 2. The van der Waals surface area contributed by atoms with Gasteiger partial charge in [-0.3, -0.25) is 5.32 Å². The van der Waals surface area contributed by atoms with Crippen molar-refractivity contribution < 1.29 is 4.79 Å². The Bertz CT molecular complexity index is 681. The molecular weight excluding hydrogens is 387 g/mol. The van der Waals surface area contributed by atoms with Crippen molar-refractivity contribution in [2.75, 3.05) is 16.4 Å². The van der Waals surface area contributed by atoms with Gasteiger partial charge in [0.05, 0.1) is 10.0 Å². The lowest BCUT2D eigenvalue weighted by Gasteiger charge is -2.05. The van der Waals surface area contributed by atoms with Crippen LogP contribution >= 0.6 is 46.3 Å². The molecule has 2 N–H and O–H groups in total. The average molecular weight is 405 g/mol. The van der Waals surface area contributed by atoms with Crippen LogP contribution in [-0.4, -0.2) is 22.0 Å². The molecule has 1 heterocycles. The first-order valence-corrected chi connectivity index (χ1v) is 10.1. The van der Waals surface area contributed by atoms with Crippen molar-refractivity contribution in [1.29, 1.82) is 0 Å². The Morgan fingerprint density at radius 3 is 2.75 bits per heavy atom. The number of hydrogen-bond donors (Lipinski definition) is 2. The number of aromatic nitrogens is 2. The Labute approximate surface area is 159 Å². The standard InChI is InChI=1S/C15H18Cl2N4OS2/c1-2-3-4-5-8-23-15-21-20-14(24-15)19-13(22)18-10-6-7-11(16)12(17)9-10/h6-7,9H,2-5,8H2,1H3,(H2,18,19,20,22). The van der Waals surface area contributed by atoms with Gasteiger partial charge in [-0.15, -0.1) is 10.2 Å². The lowest BCUT2D eigenvalue weighted by atomic mass is 10.2. The molecule has 0 spiro atoms. The fourth-order valence-electron chi connectivity index (χ4n) is 1.84. The lowest BCUT2D eigenvalue weighted by molar-refractivity contribution is 0.262. The third-order valence-corrected chi connectivity index (χ3v) is 5.83. The summed E-state index contributed by atoms with van der Waals surface area (Å²) in [6.45, 7) is 2.19. The third kappa shape index (κ3) is 6.47. The second kappa shape index (κ2) is 10.1. The van der Waals surface area contributed by atoms with Gasteiger partial charge in [-0.25, -0.2) is 4.79 Å². The molecule has 1 aromatic heterocycles. The third-order valence-electron chi connectivity index (χ3n) is 3.03. The van der Waals surface area contributed by atoms with Crippen molar-refractivity contribution in [2.24, 2.45) is 0 Å². The summed E-state index contributed by atoms with van der Waals surface area (Å²) in [4.78, 5) is 12.0. The van der Waals surface area contributed by atoms with Crippen molar-refractivity contribution >= 4 is 63.2 Å². The van der Waals surface area contributed by atoms with Crippen LogP contribution in [0.4, 0.5) is 15.6 Å². The van der Waals surface area contributed by atoms with Crippen molar-refractivity contribution in [2.45, 2.75) is 36.9 Å². The number of nitrogens with zero attached hydrogens (tertiary/aromatic N) is 2. The fourth-order valence-corrected chi connectivity index (χ4v) is 3.95. The monoisotopic (exact) mass is 404 g/mol. The van der Waals surface area contributed by atoms with Crippen LogP contribution in [0.25, 0.3) is 0 Å². The maximum atomic E-state index is 12.0. The zero-order chi connectivity index (χ0) is 17.4. The van der Waals surface area contributed by atoms with E-state index < -0.39 is 6.03 Å². The van der Waals surface area contributed by atoms with E-state index in [0.29, 0.717) is 20.9 Å². The van der Waals surface area contributed by atoms with Crippen LogP contribution in [0.3, 0.4) is 0 Å². The summed E-state index contributed by atoms with van der Waals surface area (Å²) in [6, 6.07) is 4.48. The van der Waals surface area contributed by atoms with Gasteiger partial charge in [-0.05, 0) is 24.6 Å². The Morgan fingerprint density at radius 1 is 1.17 bits per heavy atom. The molecule has 2 amide bonds. The minimum atomic E-state index is -0.399. The van der Waals surface area contributed by atoms with Gasteiger partial charge < -0.3 is 5.32 Å². The number of urea groups is 1. The summed E-state index contributed by atoms with van der Waals surface area (Å²) >= 11 is 14.8. The number of benzene rings is 1. The summed E-state index contributed by atoms with van der Waals surface area (Å²) in [5.74, 6) is 1.02. The Morgan fingerprint density at radius 2 is 2.00 bits per heavy atom. The largest absolute Gasteiger partial charge is 0.325 e. The van der Waals surface area contributed by atoms with E-state index in [-0.39, 0.29) is 0 Å². The Kier molecular flexibility index (Phi) is 8.11. The first kappa shape index (κ1) is 19.3. The molecule has 9 heteroatoms. The topological polar surface area (TPSA) is 66.9 Å². The van der Waals surface area contributed by atoms with Crippen LogP contribution in [-0.2, 0) is 0 Å². The molecule has 0 aliphatic heterocycles. The molecule has 5 nitrogen and oxygen atoms in total. The normalized spacial score (nSPS) is 10.6. The summed E-state index contributed by atoms with van der Waals surface area (Å²) in [5.41, 5.74) is 0.553. The highest BCUT2D eigenvalue weighted by atomic mass is 35.5. The first-order valence-electron chi connectivity index (χ1n) is 7.58. The molecule has 0 fully saturated rings. The Balaban J connectivity index is 1.78. The number of carbonyl (C=O) groups is 1. The number of carbonyl (C=O) groups excluding carboxylic acids is 1. The second-order valence-electron chi connectivity index (χ2n) is 4.99. The van der Waals surface area contributed by atoms with E-state index in [1.807, 2.05) is 0 Å². The molecular formula is C15H18Cl2N4OS2. The van der Waals surface area contributed by atoms with Gasteiger partial charge in [0.1, 0.15) is 0 Å². The number of thioether (sulfide) groups is 1. The fraction of sp³-hybridized carbons (Fsp3) is 0.400. The highest BCUT2D eigenvalue weighted by Gasteiger charge is 2.09. The molecule has 2 aromatic rings. The van der Waals surface area contributed by atoms with Crippen LogP contribution in [0.5, 0.6) is 0 Å². The molecule has 130 valence electrons. The number of rotatable bonds is 8. The highest BCUT2D eigenvalue weighted by Crippen LogP contribution is 2.27. The van der Waals surface area contributed by atoms with Crippen LogP contribution in [0.15, 0.2) is 22.5 Å². The number of hydrogen-bond acceptors (Lipinski definition) is 5. The van der Waals surface area contributed by atoms with Crippen LogP contribution < -0.4 is 10.6 Å². The van der Waals surface area contributed by atoms with E-state index in [9.17, 15) is 4.79 Å². The van der Waals surface area contributed by atoms with Crippen LogP contribution in [0, 0.1) is 0 Å². The maximum Gasteiger partial charge on any atom is 0.325 e. The summed E-state index contributed by atoms with van der Waals surface area (Å²) in [7, 11) is 0. The van der Waals surface area contributed by atoms with E-state index >= 15 is 0 Å². The molecule has 0 radical (unpaired) electrons. The molecule has 0 aliphatic rings. The van der Waals surface area contributed by atoms with E-state index in [1.54, 1.807) is 30.0 Å². The quantitative estimate of drug-likeness (QED) is 0.314. The number of amides is 2. The first-order chi connectivity index (χ1) is 11.6. The number of nitrogens with one attached hydrogen (secondary N) is 2. The van der Waals surface area contributed by atoms with Gasteiger partial charge >= 0.3 is 6.03 Å². The average Bonchev–Trinajstić information content (AvgIpc) is 2.98. The minimum absolute atomic E-state index is 0.382. The van der Waals surface area contributed by atoms with Gasteiger partial charge in [-0.1, -0.05) is 72.5 Å². The summed E-state index contributed by atoms with van der Waals surface area (Å²) in [6.07, 6.45) is 4.89. The molecule has 1 aromatic carbocycles. The smallest absolute Gasteiger partial charge is 0.308 e. The van der Waals surface area contributed by atoms with E-state index in [0.717, 1.165) is 10.1 Å². The predicted octanol–water partition coefficient (Wildman–Crippen LogP) is 6.16. The molecule has 0 bridgehead atoms. The zero-order valence-corrected chi connectivity index (χ0v) is 16.3. The SMILES string of the molecule is CCCCCCSc1nnc(NC(=O)Nc2ccc(Cl)c(Cl)c2)s1. The van der Waals surface area contributed by atoms with Crippen molar-refractivity contribution in [1.82, 2.24) is 10.2 Å². The maximum absolute atomic E-state index is 12.0. The molecule has 0 aliphatic carbocycles. The summed E-state index contributed by atoms with van der Waals surface area (Å²) < 4.78 is 0.858. The van der Waals surface area contributed by atoms with Gasteiger partial charge in [0.2, 0.25) is 5.13 Å². The van der Waals surface area contributed by atoms with E-state index in [4.69, 9.17) is 23.2 Å². The van der Waals surface area contributed by atoms with E-state index in [1.165, 1.54) is 37.0 Å². The second-order valence-corrected chi connectivity index (χ2v) is 8.12. The molecule has 2 rings (SSSR count). The molecule has 0 saturated heterocycles. The summed E-state index contributed by atoms with van der Waals surface area (Å²) in [5, 5.41) is 14.7.